The SMILES string of the molecule is Cc1ccc(CN2C(=O)CCC2C(=O)N(C)Cc2ncn[nH]2)cc1. The Labute approximate surface area is 140 Å². The molecule has 1 unspecified atom stereocenters. The molecule has 0 aliphatic carbocycles. The number of H-pyrrole nitrogens is 1. The van der Waals surface area contributed by atoms with E-state index in [1.807, 2.05) is 31.2 Å². The van der Waals surface area contributed by atoms with Crippen molar-refractivity contribution >= 4 is 11.8 Å². The predicted molar refractivity (Wildman–Crippen MR) is 87.6 cm³/mol. The van der Waals surface area contributed by atoms with E-state index >= 15 is 0 Å². The number of benzene rings is 1. The van der Waals surface area contributed by atoms with Crippen LogP contribution >= 0.6 is 0 Å². The van der Waals surface area contributed by atoms with Crippen molar-refractivity contribution in [1.82, 2.24) is 25.0 Å². The molecule has 1 atom stereocenters. The van der Waals surface area contributed by atoms with Crippen LogP contribution in [0.2, 0.25) is 0 Å². The zero-order valence-electron chi connectivity index (χ0n) is 13.9. The van der Waals surface area contributed by atoms with Gasteiger partial charge in [-0.25, -0.2) is 4.98 Å². The minimum absolute atomic E-state index is 0.0296. The van der Waals surface area contributed by atoms with Crippen LogP contribution in [0.5, 0.6) is 0 Å². The summed E-state index contributed by atoms with van der Waals surface area (Å²) in [5.41, 5.74) is 2.21. The van der Waals surface area contributed by atoms with Crippen LogP contribution in [0, 0.1) is 6.92 Å². The maximum atomic E-state index is 12.7. The largest absolute Gasteiger partial charge is 0.336 e. The first kappa shape index (κ1) is 16.2. The molecule has 1 aromatic carbocycles. The lowest BCUT2D eigenvalue weighted by Crippen LogP contribution is -2.44. The molecule has 1 aromatic heterocycles. The molecule has 1 aliphatic heterocycles. The van der Waals surface area contributed by atoms with E-state index in [0.29, 0.717) is 31.8 Å². The Morgan fingerprint density at radius 1 is 1.38 bits per heavy atom. The quantitative estimate of drug-likeness (QED) is 0.896. The van der Waals surface area contributed by atoms with Gasteiger partial charge < -0.3 is 9.80 Å². The third-order valence-corrected chi connectivity index (χ3v) is 4.31. The maximum absolute atomic E-state index is 12.7. The summed E-state index contributed by atoms with van der Waals surface area (Å²) in [6, 6.07) is 7.62. The Balaban J connectivity index is 1.69. The molecule has 1 N–H and O–H groups in total. The van der Waals surface area contributed by atoms with E-state index in [1.165, 1.54) is 11.9 Å². The minimum Gasteiger partial charge on any atom is -0.336 e. The van der Waals surface area contributed by atoms with E-state index in [2.05, 4.69) is 15.2 Å². The van der Waals surface area contributed by atoms with Gasteiger partial charge in [0.25, 0.3) is 0 Å². The fourth-order valence-electron chi connectivity index (χ4n) is 2.94. The molecule has 1 saturated heterocycles. The number of carbonyl (C=O) groups excluding carboxylic acids is 2. The van der Waals surface area contributed by atoms with Crippen LogP contribution in [-0.2, 0) is 22.7 Å². The van der Waals surface area contributed by atoms with Gasteiger partial charge in [-0.3, -0.25) is 14.7 Å². The van der Waals surface area contributed by atoms with Crippen molar-refractivity contribution in [3.05, 3.63) is 47.5 Å². The Hall–Kier alpha value is -2.70. The van der Waals surface area contributed by atoms with Crippen LogP contribution in [0.25, 0.3) is 0 Å². The number of aromatic nitrogens is 3. The highest BCUT2D eigenvalue weighted by atomic mass is 16.2. The summed E-state index contributed by atoms with van der Waals surface area (Å²) in [5.74, 6) is 0.589. The second kappa shape index (κ2) is 6.82. The number of aromatic amines is 1. The molecule has 126 valence electrons. The number of likely N-dealkylation sites (N-methyl/N-ethyl adjacent to an activating group) is 1. The van der Waals surface area contributed by atoms with Crippen LogP contribution in [-0.4, -0.2) is 49.9 Å². The molecule has 24 heavy (non-hydrogen) atoms. The van der Waals surface area contributed by atoms with Crippen molar-refractivity contribution in [2.75, 3.05) is 7.05 Å². The van der Waals surface area contributed by atoms with Gasteiger partial charge >= 0.3 is 0 Å². The summed E-state index contributed by atoms with van der Waals surface area (Å²) in [5, 5.41) is 6.53. The van der Waals surface area contributed by atoms with E-state index in [9.17, 15) is 9.59 Å². The molecule has 0 radical (unpaired) electrons. The van der Waals surface area contributed by atoms with E-state index in [4.69, 9.17) is 0 Å². The number of rotatable bonds is 5. The summed E-state index contributed by atoms with van der Waals surface area (Å²) in [6.07, 6.45) is 2.39. The normalized spacial score (nSPS) is 17.3. The molecule has 3 rings (SSSR count). The van der Waals surface area contributed by atoms with E-state index in [-0.39, 0.29) is 11.8 Å². The summed E-state index contributed by atoms with van der Waals surface area (Å²) in [4.78, 5) is 32.3. The van der Waals surface area contributed by atoms with Gasteiger partial charge in [-0.05, 0) is 18.9 Å². The molecule has 7 heteroatoms. The molecular formula is C17H21N5O2. The van der Waals surface area contributed by atoms with Crippen molar-refractivity contribution in [2.24, 2.45) is 0 Å². The molecule has 7 nitrogen and oxygen atoms in total. The van der Waals surface area contributed by atoms with Gasteiger partial charge in [0.2, 0.25) is 11.8 Å². The maximum Gasteiger partial charge on any atom is 0.245 e. The zero-order chi connectivity index (χ0) is 17.1. The zero-order valence-corrected chi connectivity index (χ0v) is 13.9. The Bertz CT molecular complexity index is 711. The number of aryl methyl sites for hydroxylation is 1. The highest BCUT2D eigenvalue weighted by molar-refractivity contribution is 5.90. The van der Waals surface area contributed by atoms with Crippen LogP contribution in [0.4, 0.5) is 0 Å². The molecule has 0 saturated carbocycles. The summed E-state index contributed by atoms with van der Waals surface area (Å²) in [6.45, 7) is 2.84. The molecular weight excluding hydrogens is 306 g/mol. The first-order chi connectivity index (χ1) is 11.5. The molecule has 0 spiro atoms. The lowest BCUT2D eigenvalue weighted by Gasteiger charge is -2.27. The molecule has 1 aliphatic rings. The third-order valence-electron chi connectivity index (χ3n) is 4.31. The van der Waals surface area contributed by atoms with E-state index in [0.717, 1.165) is 5.56 Å². The topological polar surface area (TPSA) is 82.2 Å². The van der Waals surface area contributed by atoms with Gasteiger partial charge in [-0.2, -0.15) is 5.10 Å². The van der Waals surface area contributed by atoms with Gasteiger partial charge in [-0.1, -0.05) is 29.8 Å². The monoisotopic (exact) mass is 327 g/mol. The van der Waals surface area contributed by atoms with Crippen LogP contribution in [0.3, 0.4) is 0 Å². The molecule has 0 bridgehead atoms. The van der Waals surface area contributed by atoms with Crippen molar-refractivity contribution < 1.29 is 9.59 Å². The standard InChI is InChI=1S/C17H21N5O2/c1-12-3-5-13(6-4-12)9-22-14(7-8-16(22)23)17(24)21(2)10-15-18-11-19-20-15/h3-6,11,14H,7-10H2,1-2H3,(H,18,19,20). The van der Waals surface area contributed by atoms with Gasteiger partial charge in [0, 0.05) is 20.0 Å². The summed E-state index contributed by atoms with van der Waals surface area (Å²) < 4.78 is 0. The molecule has 1 fully saturated rings. The smallest absolute Gasteiger partial charge is 0.245 e. The second-order valence-electron chi connectivity index (χ2n) is 6.19. The first-order valence-electron chi connectivity index (χ1n) is 7.99. The number of likely N-dealkylation sites (tertiary alicyclic amines) is 1. The fourth-order valence-corrected chi connectivity index (χ4v) is 2.94. The van der Waals surface area contributed by atoms with Gasteiger partial charge in [0.15, 0.2) is 0 Å². The fraction of sp³-hybridized carbons (Fsp3) is 0.412. The lowest BCUT2D eigenvalue weighted by atomic mass is 10.1. The van der Waals surface area contributed by atoms with Crippen LogP contribution in [0.1, 0.15) is 29.8 Å². The van der Waals surface area contributed by atoms with Gasteiger partial charge in [0.1, 0.15) is 18.2 Å². The number of hydrogen-bond donors (Lipinski definition) is 1. The van der Waals surface area contributed by atoms with Crippen LogP contribution in [0.15, 0.2) is 30.6 Å². The highest BCUT2D eigenvalue weighted by Gasteiger charge is 2.37. The Morgan fingerprint density at radius 3 is 2.79 bits per heavy atom. The highest BCUT2D eigenvalue weighted by Crippen LogP contribution is 2.23. The Morgan fingerprint density at radius 2 is 2.12 bits per heavy atom. The van der Waals surface area contributed by atoms with Crippen molar-refractivity contribution in [2.45, 2.75) is 38.9 Å². The summed E-state index contributed by atoms with van der Waals surface area (Å²) in [7, 11) is 1.72. The molecule has 2 amide bonds. The summed E-state index contributed by atoms with van der Waals surface area (Å²) >= 11 is 0. The van der Waals surface area contributed by atoms with Crippen LogP contribution < -0.4 is 0 Å². The number of amides is 2. The van der Waals surface area contributed by atoms with Crippen molar-refractivity contribution in [3.8, 4) is 0 Å². The van der Waals surface area contributed by atoms with E-state index < -0.39 is 6.04 Å². The second-order valence-corrected chi connectivity index (χ2v) is 6.19. The first-order valence-corrected chi connectivity index (χ1v) is 7.99. The van der Waals surface area contributed by atoms with Gasteiger partial charge in [0.05, 0.1) is 6.54 Å². The molecule has 2 heterocycles. The third kappa shape index (κ3) is 3.45. The molecule has 2 aromatic rings. The number of nitrogens with one attached hydrogen (secondary N) is 1. The minimum atomic E-state index is -0.410. The Kier molecular flexibility index (Phi) is 4.59. The van der Waals surface area contributed by atoms with Gasteiger partial charge in [-0.15, -0.1) is 0 Å². The van der Waals surface area contributed by atoms with Crippen molar-refractivity contribution in [1.29, 1.82) is 0 Å². The average molecular weight is 327 g/mol. The van der Waals surface area contributed by atoms with E-state index in [1.54, 1.807) is 16.8 Å². The number of nitrogens with zero attached hydrogens (tertiary/aromatic N) is 4. The lowest BCUT2D eigenvalue weighted by molar-refractivity contribution is -0.141. The number of carbonyl (C=O) groups is 2. The predicted octanol–water partition coefficient (Wildman–Crippen LogP) is 1.26. The number of hydrogen-bond acceptors (Lipinski definition) is 4. The average Bonchev–Trinajstić information content (AvgIpc) is 3.20. The van der Waals surface area contributed by atoms with Crippen molar-refractivity contribution in [3.63, 3.8) is 0 Å².